The molecule has 1 atom stereocenters. The van der Waals surface area contributed by atoms with Crippen LogP contribution < -0.4 is 5.32 Å². The average Bonchev–Trinajstić information content (AvgIpc) is 2.29. The summed E-state index contributed by atoms with van der Waals surface area (Å²) in [6.07, 6.45) is -1.16. The molecule has 0 heterocycles. The molecule has 0 unspecified atom stereocenters. The van der Waals surface area contributed by atoms with Gasteiger partial charge in [0, 0.05) is 17.0 Å². The molecule has 0 aliphatic carbocycles. The molecule has 0 saturated heterocycles. The predicted octanol–water partition coefficient (Wildman–Crippen LogP) is 3.00. The Morgan fingerprint density at radius 3 is 2.52 bits per heavy atom. The van der Waals surface area contributed by atoms with Crippen LogP contribution in [0.5, 0.6) is 0 Å². The van der Waals surface area contributed by atoms with E-state index in [1.807, 2.05) is 0 Å². The molecule has 1 aromatic rings. The number of hydrogen-bond acceptors (Lipinski definition) is 3. The lowest BCUT2D eigenvalue weighted by atomic mass is 10.1. The van der Waals surface area contributed by atoms with Gasteiger partial charge in [0.05, 0.1) is 0 Å². The maximum Gasteiger partial charge on any atom is 0.408 e. The lowest BCUT2D eigenvalue weighted by Crippen LogP contribution is -2.44. The van der Waals surface area contributed by atoms with E-state index in [1.165, 1.54) is 18.2 Å². The summed E-state index contributed by atoms with van der Waals surface area (Å²) in [5, 5.41) is 11.4. The Balaban J connectivity index is 2.84. The third kappa shape index (κ3) is 5.59. The van der Waals surface area contributed by atoms with Gasteiger partial charge in [0.25, 0.3) is 0 Å². The van der Waals surface area contributed by atoms with Crippen molar-refractivity contribution in [3.63, 3.8) is 0 Å². The molecule has 1 amide bonds. The summed E-state index contributed by atoms with van der Waals surface area (Å²) in [4.78, 5) is 22.8. The molecule has 0 saturated carbocycles. The molecular formula is C14H17ClFNO4. The van der Waals surface area contributed by atoms with Crippen molar-refractivity contribution in [1.82, 2.24) is 5.32 Å². The van der Waals surface area contributed by atoms with Gasteiger partial charge in [0.1, 0.15) is 17.5 Å². The van der Waals surface area contributed by atoms with Gasteiger partial charge in [-0.1, -0.05) is 17.7 Å². The van der Waals surface area contributed by atoms with Crippen molar-refractivity contribution >= 4 is 23.7 Å². The smallest absolute Gasteiger partial charge is 0.408 e. The quantitative estimate of drug-likeness (QED) is 0.895. The van der Waals surface area contributed by atoms with Crippen LogP contribution in [0.1, 0.15) is 26.3 Å². The lowest BCUT2D eigenvalue weighted by molar-refractivity contribution is -0.139. The van der Waals surface area contributed by atoms with Crippen molar-refractivity contribution in [3.8, 4) is 0 Å². The van der Waals surface area contributed by atoms with E-state index in [1.54, 1.807) is 20.8 Å². The number of amides is 1. The highest BCUT2D eigenvalue weighted by Crippen LogP contribution is 2.20. The van der Waals surface area contributed by atoms with Crippen molar-refractivity contribution in [2.24, 2.45) is 0 Å². The molecule has 116 valence electrons. The Hall–Kier alpha value is -1.82. The van der Waals surface area contributed by atoms with Crippen LogP contribution in [0.3, 0.4) is 0 Å². The molecule has 0 bridgehead atoms. The molecule has 1 rings (SSSR count). The fraction of sp³-hybridized carbons (Fsp3) is 0.429. The zero-order valence-corrected chi connectivity index (χ0v) is 12.7. The number of nitrogens with one attached hydrogen (secondary N) is 1. The number of carbonyl (C=O) groups is 2. The molecule has 2 N–H and O–H groups in total. The van der Waals surface area contributed by atoms with E-state index in [9.17, 15) is 14.0 Å². The SMILES string of the molecule is CC(C)(C)OC(=O)N[C@H](Cc1c(F)cccc1Cl)C(=O)O. The number of carbonyl (C=O) groups excluding carboxylic acids is 1. The molecule has 0 aromatic heterocycles. The van der Waals surface area contributed by atoms with Crippen LogP contribution in [-0.2, 0) is 16.0 Å². The van der Waals surface area contributed by atoms with Gasteiger partial charge in [0.2, 0.25) is 0 Å². The molecule has 0 fully saturated rings. The summed E-state index contributed by atoms with van der Waals surface area (Å²) < 4.78 is 18.6. The number of alkyl carbamates (subject to hydrolysis) is 1. The van der Waals surface area contributed by atoms with Gasteiger partial charge in [-0.15, -0.1) is 0 Å². The van der Waals surface area contributed by atoms with E-state index in [-0.39, 0.29) is 17.0 Å². The Labute approximate surface area is 127 Å². The molecule has 0 spiro atoms. The minimum atomic E-state index is -1.34. The molecule has 7 heteroatoms. The highest BCUT2D eigenvalue weighted by Gasteiger charge is 2.26. The number of rotatable bonds is 4. The maximum atomic E-state index is 13.7. The van der Waals surface area contributed by atoms with Crippen LogP contribution >= 0.6 is 11.6 Å². The van der Waals surface area contributed by atoms with E-state index in [4.69, 9.17) is 21.4 Å². The Kier molecular flexibility index (Phi) is 5.54. The van der Waals surface area contributed by atoms with Gasteiger partial charge in [-0.2, -0.15) is 0 Å². The third-order valence-corrected chi connectivity index (χ3v) is 2.81. The highest BCUT2D eigenvalue weighted by atomic mass is 35.5. The average molecular weight is 318 g/mol. The van der Waals surface area contributed by atoms with E-state index < -0.39 is 29.5 Å². The number of carboxylic acid groups (broad SMARTS) is 1. The second-order valence-corrected chi connectivity index (χ2v) is 5.85. The van der Waals surface area contributed by atoms with Crippen molar-refractivity contribution < 1.29 is 23.8 Å². The fourth-order valence-corrected chi connectivity index (χ4v) is 1.82. The molecule has 21 heavy (non-hydrogen) atoms. The first kappa shape index (κ1) is 17.2. The summed E-state index contributed by atoms with van der Waals surface area (Å²) >= 11 is 5.84. The van der Waals surface area contributed by atoms with Crippen LogP contribution in [0.4, 0.5) is 9.18 Å². The zero-order chi connectivity index (χ0) is 16.2. The summed E-state index contributed by atoms with van der Waals surface area (Å²) in [5.41, 5.74) is -0.731. The van der Waals surface area contributed by atoms with E-state index >= 15 is 0 Å². The minimum absolute atomic E-state index is 0.0302. The molecule has 0 aliphatic heterocycles. The van der Waals surface area contributed by atoms with E-state index in [2.05, 4.69) is 5.32 Å². The number of halogens is 2. The minimum Gasteiger partial charge on any atom is -0.480 e. The topological polar surface area (TPSA) is 75.6 Å². The molecule has 5 nitrogen and oxygen atoms in total. The van der Waals surface area contributed by atoms with Crippen LogP contribution in [0.25, 0.3) is 0 Å². The van der Waals surface area contributed by atoms with Crippen LogP contribution in [-0.4, -0.2) is 28.8 Å². The largest absolute Gasteiger partial charge is 0.480 e. The Morgan fingerprint density at radius 2 is 2.05 bits per heavy atom. The fourth-order valence-electron chi connectivity index (χ4n) is 1.58. The van der Waals surface area contributed by atoms with Gasteiger partial charge in [-0.05, 0) is 32.9 Å². The third-order valence-electron chi connectivity index (χ3n) is 2.46. The van der Waals surface area contributed by atoms with Crippen molar-refractivity contribution in [2.45, 2.75) is 38.8 Å². The van der Waals surface area contributed by atoms with Crippen molar-refractivity contribution in [3.05, 3.63) is 34.6 Å². The van der Waals surface area contributed by atoms with E-state index in [0.29, 0.717) is 0 Å². The highest BCUT2D eigenvalue weighted by molar-refractivity contribution is 6.31. The molecule has 0 radical (unpaired) electrons. The second kappa shape index (κ2) is 6.76. The maximum absolute atomic E-state index is 13.7. The summed E-state index contributed by atoms with van der Waals surface area (Å²) in [6.45, 7) is 4.95. The molecule has 1 aromatic carbocycles. The van der Waals surface area contributed by atoms with Gasteiger partial charge in [-0.3, -0.25) is 0 Å². The first-order chi connectivity index (χ1) is 9.60. The molecule has 0 aliphatic rings. The standard InChI is InChI=1S/C14H17ClFNO4/c1-14(2,3)21-13(20)17-11(12(18)19)7-8-9(15)5-4-6-10(8)16/h4-6,11H,7H2,1-3H3,(H,17,20)(H,18,19)/t11-/m1/s1. The first-order valence-electron chi connectivity index (χ1n) is 6.25. The van der Waals surface area contributed by atoms with Crippen molar-refractivity contribution in [1.29, 1.82) is 0 Å². The number of benzene rings is 1. The first-order valence-corrected chi connectivity index (χ1v) is 6.63. The number of aliphatic carboxylic acids is 1. The number of ether oxygens (including phenoxy) is 1. The van der Waals surface area contributed by atoms with Crippen molar-refractivity contribution in [2.75, 3.05) is 0 Å². The lowest BCUT2D eigenvalue weighted by Gasteiger charge is -2.22. The zero-order valence-electron chi connectivity index (χ0n) is 11.9. The summed E-state index contributed by atoms with van der Waals surface area (Å²) in [7, 11) is 0. The Bertz CT molecular complexity index is 522. The van der Waals surface area contributed by atoms with Gasteiger partial charge in [-0.25, -0.2) is 14.0 Å². The normalized spacial score (nSPS) is 12.6. The number of carboxylic acids is 1. The van der Waals surface area contributed by atoms with Gasteiger partial charge >= 0.3 is 12.1 Å². The van der Waals surface area contributed by atoms with Crippen LogP contribution in [0.15, 0.2) is 18.2 Å². The number of hydrogen-bond donors (Lipinski definition) is 2. The van der Waals surface area contributed by atoms with Gasteiger partial charge in [0.15, 0.2) is 0 Å². The Morgan fingerprint density at radius 1 is 1.43 bits per heavy atom. The monoisotopic (exact) mass is 317 g/mol. The predicted molar refractivity (Wildman–Crippen MR) is 75.9 cm³/mol. The second-order valence-electron chi connectivity index (χ2n) is 5.44. The molecular weight excluding hydrogens is 301 g/mol. The summed E-state index contributed by atoms with van der Waals surface area (Å²) in [5.74, 6) is -1.93. The van der Waals surface area contributed by atoms with Crippen LogP contribution in [0, 0.1) is 5.82 Å². The summed E-state index contributed by atoms with van der Waals surface area (Å²) in [6, 6.07) is 2.70. The van der Waals surface area contributed by atoms with Gasteiger partial charge < -0.3 is 15.2 Å². The van der Waals surface area contributed by atoms with Crippen LogP contribution in [0.2, 0.25) is 5.02 Å². The van der Waals surface area contributed by atoms with E-state index in [0.717, 1.165) is 0 Å².